The molecule has 2 nitrogen and oxygen atoms in total. The number of hydrogen-bond donors (Lipinski definition) is 0. The zero-order chi connectivity index (χ0) is 21.8. The molecule has 0 bridgehead atoms. The summed E-state index contributed by atoms with van der Waals surface area (Å²) in [4.78, 5) is 0. The maximum atomic E-state index is 8.36. The van der Waals surface area contributed by atoms with Gasteiger partial charge in [0, 0.05) is 13.8 Å². The number of hydrogen-bond acceptors (Lipinski definition) is 1. The van der Waals surface area contributed by atoms with Crippen molar-refractivity contribution in [3.63, 3.8) is 0 Å². The summed E-state index contributed by atoms with van der Waals surface area (Å²) in [5, 5.41) is 18.5. The third-order valence-corrected chi connectivity index (χ3v) is 6.74. The van der Waals surface area contributed by atoms with Crippen LogP contribution >= 0.6 is 0 Å². The highest BCUT2D eigenvalue weighted by molar-refractivity contribution is 6.48. The third-order valence-electron chi connectivity index (χ3n) is 6.74. The Bertz CT molecular complexity index is 1440. The lowest BCUT2D eigenvalue weighted by atomic mass is 9.81. The van der Waals surface area contributed by atoms with E-state index in [1.54, 1.807) is 7.48 Å². The van der Waals surface area contributed by atoms with Crippen LogP contribution in [0, 0.1) is 0 Å². The van der Waals surface area contributed by atoms with Crippen molar-refractivity contribution in [3.05, 3.63) is 78.9 Å². The van der Waals surface area contributed by atoms with Crippen LogP contribution < -0.4 is 5.46 Å². The van der Waals surface area contributed by atoms with E-state index in [2.05, 4.69) is 78.9 Å². The van der Waals surface area contributed by atoms with Gasteiger partial charge in [0.2, 0.25) is 0 Å². The maximum absolute atomic E-state index is 8.36. The summed E-state index contributed by atoms with van der Waals surface area (Å²) >= 11 is 0. The fourth-order valence-electron chi connectivity index (χ4n) is 4.18. The summed E-state index contributed by atoms with van der Waals surface area (Å²) in [5.41, 5.74) is -0.291. The highest BCUT2D eigenvalue weighted by Crippen LogP contribution is 2.38. The van der Waals surface area contributed by atoms with Gasteiger partial charge in [0.05, 0.1) is 0 Å². The summed E-state index contributed by atoms with van der Waals surface area (Å²) in [6.45, 7) is 7.69. The van der Waals surface area contributed by atoms with Crippen LogP contribution in [-0.2, 0) is 4.65 Å². The first-order valence-electron chi connectivity index (χ1n) is 10.8. The zero-order valence-corrected chi connectivity index (χ0v) is 18.5. The molecular formula is C28H27BO2+. The summed E-state index contributed by atoms with van der Waals surface area (Å²) in [7, 11) is 1.80. The minimum absolute atomic E-state index is 0.594. The molecule has 0 aliphatic rings. The van der Waals surface area contributed by atoms with Gasteiger partial charge in [-0.05, 0) is 56.9 Å². The van der Waals surface area contributed by atoms with Crippen LogP contribution in [0.4, 0.5) is 0 Å². The first kappa shape index (κ1) is 20.1. The molecule has 153 valence electrons. The topological polar surface area (TPSA) is 32.1 Å². The van der Waals surface area contributed by atoms with Gasteiger partial charge < -0.3 is 9.76 Å². The van der Waals surface area contributed by atoms with E-state index >= 15 is 0 Å². The number of benzene rings is 5. The zero-order valence-electron chi connectivity index (χ0n) is 18.5. The fourth-order valence-corrected chi connectivity index (χ4v) is 4.18. The summed E-state index contributed by atoms with van der Waals surface area (Å²) in [6.07, 6.45) is 0. The molecule has 0 heterocycles. The van der Waals surface area contributed by atoms with Gasteiger partial charge in [-0.25, -0.2) is 0 Å². The van der Waals surface area contributed by atoms with Gasteiger partial charge >= 0.3 is 7.48 Å². The van der Waals surface area contributed by atoms with E-state index in [0.717, 1.165) is 5.46 Å². The minimum atomic E-state index is -0.706. The molecule has 0 fully saturated rings. The van der Waals surface area contributed by atoms with Crippen molar-refractivity contribution in [2.24, 2.45) is 0 Å². The van der Waals surface area contributed by atoms with Crippen LogP contribution in [0.3, 0.4) is 0 Å². The lowest BCUT2D eigenvalue weighted by molar-refractivity contribution is -0.0893. The molecule has 0 saturated heterocycles. The molecule has 3 heteroatoms. The molecule has 0 aromatic heterocycles. The molecule has 0 aliphatic heterocycles. The molecule has 5 aromatic carbocycles. The van der Waals surface area contributed by atoms with Gasteiger partial charge in [-0.15, -0.1) is 0 Å². The summed E-state index contributed by atoms with van der Waals surface area (Å²) in [6, 6.07) is 28.2. The molecule has 0 spiro atoms. The Morgan fingerprint density at radius 1 is 0.645 bits per heavy atom. The van der Waals surface area contributed by atoms with E-state index in [4.69, 9.17) is 9.76 Å². The first-order valence-corrected chi connectivity index (χ1v) is 10.8. The van der Waals surface area contributed by atoms with Gasteiger partial charge in [0.1, 0.15) is 5.60 Å². The number of fused-ring (bicyclic) bond motifs is 8. The second-order valence-corrected chi connectivity index (χ2v) is 9.43. The SMILES string of the molecule is CC(C)([OH2+])C(C)(C)O[B]c1ccc2c(c1)c1ccccc1c1ccc3ccccc3c12. The van der Waals surface area contributed by atoms with Crippen LogP contribution in [-0.4, -0.2) is 23.8 Å². The van der Waals surface area contributed by atoms with Crippen molar-refractivity contribution < 1.29 is 9.76 Å². The molecule has 0 atom stereocenters. The summed E-state index contributed by atoms with van der Waals surface area (Å²) < 4.78 is 6.09. The lowest BCUT2D eigenvalue weighted by Gasteiger charge is -2.33. The highest BCUT2D eigenvalue weighted by atomic mass is 16.5. The van der Waals surface area contributed by atoms with Gasteiger partial charge in [-0.1, -0.05) is 84.3 Å². The molecule has 2 N–H and O–H groups in total. The van der Waals surface area contributed by atoms with E-state index in [1.165, 1.54) is 43.1 Å². The quantitative estimate of drug-likeness (QED) is 0.210. The Morgan fingerprint density at radius 2 is 1.23 bits per heavy atom. The molecule has 0 saturated carbocycles. The van der Waals surface area contributed by atoms with E-state index in [1.807, 2.05) is 27.7 Å². The smallest absolute Gasteiger partial charge is 0.331 e. The van der Waals surface area contributed by atoms with Crippen LogP contribution in [0.1, 0.15) is 27.7 Å². The fraction of sp³-hybridized carbons (Fsp3) is 0.214. The number of rotatable bonds is 4. The average Bonchev–Trinajstić information content (AvgIpc) is 2.76. The Morgan fingerprint density at radius 3 is 1.94 bits per heavy atom. The van der Waals surface area contributed by atoms with Crippen LogP contribution in [0.5, 0.6) is 0 Å². The lowest BCUT2D eigenvalue weighted by Crippen LogP contribution is -2.49. The Balaban J connectivity index is 1.76. The van der Waals surface area contributed by atoms with Crippen molar-refractivity contribution in [3.8, 4) is 0 Å². The summed E-state index contributed by atoms with van der Waals surface area (Å²) in [5.74, 6) is 0. The standard InChI is InChI=1S/C28H26BO2/c1-27(2,30)28(3,4)31-29-19-14-16-24-25(17-19)22-12-8-7-11-21(22)23-15-13-18-9-5-6-10-20(18)26(23)24/h5-17,30H,1-4H3/p+1. The highest BCUT2D eigenvalue weighted by Gasteiger charge is 2.40. The van der Waals surface area contributed by atoms with Crippen LogP contribution in [0.2, 0.25) is 0 Å². The van der Waals surface area contributed by atoms with E-state index in [-0.39, 0.29) is 0 Å². The largest absolute Gasteiger partial charge is 0.439 e. The second kappa shape index (κ2) is 7.08. The van der Waals surface area contributed by atoms with Gasteiger partial charge in [0.25, 0.3) is 0 Å². The van der Waals surface area contributed by atoms with E-state index in [9.17, 15) is 0 Å². The molecule has 0 aliphatic carbocycles. The van der Waals surface area contributed by atoms with Crippen molar-refractivity contribution in [1.82, 2.24) is 0 Å². The van der Waals surface area contributed by atoms with Crippen LogP contribution in [0.25, 0.3) is 43.1 Å². The van der Waals surface area contributed by atoms with Crippen molar-refractivity contribution in [1.29, 1.82) is 0 Å². The van der Waals surface area contributed by atoms with Gasteiger partial charge in [-0.2, -0.15) is 0 Å². The molecule has 5 rings (SSSR count). The van der Waals surface area contributed by atoms with Gasteiger partial charge in [0.15, 0.2) is 5.60 Å². The van der Waals surface area contributed by atoms with E-state index in [0.29, 0.717) is 0 Å². The Kier molecular flexibility index (Phi) is 4.58. The monoisotopic (exact) mass is 406 g/mol. The maximum Gasteiger partial charge on any atom is 0.331 e. The molecular weight excluding hydrogens is 379 g/mol. The van der Waals surface area contributed by atoms with Crippen molar-refractivity contribution in [2.45, 2.75) is 38.9 Å². The molecule has 5 aromatic rings. The third kappa shape index (κ3) is 3.29. The van der Waals surface area contributed by atoms with Crippen molar-refractivity contribution >= 4 is 56.0 Å². The van der Waals surface area contributed by atoms with E-state index < -0.39 is 11.2 Å². The predicted molar refractivity (Wildman–Crippen MR) is 135 cm³/mol. The molecule has 0 amide bonds. The molecule has 1 radical (unpaired) electrons. The Labute approximate surface area is 183 Å². The average molecular weight is 406 g/mol. The Hall–Kier alpha value is -2.88. The van der Waals surface area contributed by atoms with Gasteiger partial charge in [-0.3, -0.25) is 0 Å². The predicted octanol–water partition coefficient (Wildman–Crippen LogP) is 5.84. The molecule has 31 heavy (non-hydrogen) atoms. The molecule has 0 unspecified atom stereocenters. The first-order chi connectivity index (χ1) is 14.8. The second-order valence-electron chi connectivity index (χ2n) is 9.43. The van der Waals surface area contributed by atoms with Crippen LogP contribution in [0.15, 0.2) is 78.9 Å². The minimum Gasteiger partial charge on any atom is -0.439 e. The van der Waals surface area contributed by atoms with Crippen molar-refractivity contribution in [2.75, 3.05) is 0 Å². The normalized spacial score (nSPS) is 12.8.